The summed E-state index contributed by atoms with van der Waals surface area (Å²) in [6, 6.07) is 9.05. The fraction of sp³-hybridized carbons (Fsp3) is 0.467. The molecule has 0 aliphatic heterocycles. The van der Waals surface area contributed by atoms with Crippen LogP contribution in [0.15, 0.2) is 41.4 Å². The van der Waals surface area contributed by atoms with E-state index in [2.05, 4.69) is 59.0 Å². The van der Waals surface area contributed by atoms with Crippen LogP contribution in [0.4, 0.5) is 0 Å². The SMILES string of the molecule is C=CCCCC(NCCC)c1cccc(Br)c1. The van der Waals surface area contributed by atoms with E-state index in [1.165, 1.54) is 24.8 Å². The summed E-state index contributed by atoms with van der Waals surface area (Å²) in [4.78, 5) is 0. The van der Waals surface area contributed by atoms with Crippen LogP contribution in [0, 0.1) is 0 Å². The third-order valence-electron chi connectivity index (χ3n) is 2.79. The van der Waals surface area contributed by atoms with E-state index >= 15 is 0 Å². The zero-order valence-electron chi connectivity index (χ0n) is 10.6. The van der Waals surface area contributed by atoms with E-state index in [4.69, 9.17) is 0 Å². The van der Waals surface area contributed by atoms with E-state index in [1.54, 1.807) is 0 Å². The zero-order chi connectivity index (χ0) is 12.5. The van der Waals surface area contributed by atoms with Gasteiger partial charge in [-0.3, -0.25) is 0 Å². The lowest BCUT2D eigenvalue weighted by molar-refractivity contribution is 0.486. The monoisotopic (exact) mass is 295 g/mol. The van der Waals surface area contributed by atoms with Gasteiger partial charge >= 0.3 is 0 Å². The van der Waals surface area contributed by atoms with Crippen molar-refractivity contribution in [3.05, 3.63) is 47.0 Å². The highest BCUT2D eigenvalue weighted by Crippen LogP contribution is 2.22. The highest BCUT2D eigenvalue weighted by atomic mass is 79.9. The Kier molecular flexibility index (Phi) is 7.22. The zero-order valence-corrected chi connectivity index (χ0v) is 12.2. The van der Waals surface area contributed by atoms with Gasteiger partial charge in [-0.05, 0) is 49.9 Å². The number of hydrogen-bond donors (Lipinski definition) is 1. The quantitative estimate of drug-likeness (QED) is 0.534. The minimum Gasteiger partial charge on any atom is -0.310 e. The van der Waals surface area contributed by atoms with Gasteiger partial charge in [0.05, 0.1) is 0 Å². The molecule has 0 fully saturated rings. The molecule has 1 nitrogen and oxygen atoms in total. The summed E-state index contributed by atoms with van der Waals surface area (Å²) >= 11 is 3.54. The Balaban J connectivity index is 2.63. The van der Waals surface area contributed by atoms with Crippen molar-refractivity contribution >= 4 is 15.9 Å². The average molecular weight is 296 g/mol. The maximum Gasteiger partial charge on any atom is 0.0320 e. The van der Waals surface area contributed by atoms with Crippen LogP contribution in [0.25, 0.3) is 0 Å². The Morgan fingerprint density at radius 3 is 2.94 bits per heavy atom. The van der Waals surface area contributed by atoms with Crippen molar-refractivity contribution in [3.8, 4) is 0 Å². The second-order valence-corrected chi connectivity index (χ2v) is 5.20. The molecule has 2 heteroatoms. The van der Waals surface area contributed by atoms with Gasteiger partial charge in [0, 0.05) is 10.5 Å². The Hall–Kier alpha value is -0.600. The third kappa shape index (κ3) is 5.51. The van der Waals surface area contributed by atoms with Crippen LogP contribution in [0.2, 0.25) is 0 Å². The lowest BCUT2D eigenvalue weighted by atomic mass is 10.0. The van der Waals surface area contributed by atoms with E-state index in [0.29, 0.717) is 6.04 Å². The Bertz CT molecular complexity index is 335. The smallest absolute Gasteiger partial charge is 0.0320 e. The molecule has 0 aliphatic rings. The summed E-state index contributed by atoms with van der Waals surface area (Å²) in [5.74, 6) is 0. The van der Waals surface area contributed by atoms with E-state index in [1.807, 2.05) is 6.08 Å². The van der Waals surface area contributed by atoms with Gasteiger partial charge in [-0.2, -0.15) is 0 Å². The van der Waals surface area contributed by atoms with Gasteiger partial charge in [-0.1, -0.05) is 41.1 Å². The molecule has 1 unspecified atom stereocenters. The summed E-state index contributed by atoms with van der Waals surface area (Å²) in [5.41, 5.74) is 1.37. The average Bonchev–Trinajstić information content (AvgIpc) is 2.33. The van der Waals surface area contributed by atoms with Gasteiger partial charge in [0.15, 0.2) is 0 Å². The number of benzene rings is 1. The molecule has 0 amide bonds. The van der Waals surface area contributed by atoms with Crippen molar-refractivity contribution in [1.82, 2.24) is 5.32 Å². The molecule has 94 valence electrons. The Morgan fingerprint density at radius 1 is 1.47 bits per heavy atom. The van der Waals surface area contributed by atoms with Crippen LogP contribution in [0.3, 0.4) is 0 Å². The van der Waals surface area contributed by atoms with E-state index < -0.39 is 0 Å². The predicted molar refractivity (Wildman–Crippen MR) is 79.2 cm³/mol. The summed E-state index contributed by atoms with van der Waals surface area (Å²) in [6.07, 6.45) is 6.63. The molecule has 0 saturated carbocycles. The number of hydrogen-bond acceptors (Lipinski definition) is 1. The van der Waals surface area contributed by atoms with Gasteiger partial charge in [-0.15, -0.1) is 6.58 Å². The topological polar surface area (TPSA) is 12.0 Å². The second-order valence-electron chi connectivity index (χ2n) is 4.28. The molecule has 1 rings (SSSR count). The van der Waals surface area contributed by atoms with Crippen LogP contribution in [0.5, 0.6) is 0 Å². The van der Waals surface area contributed by atoms with Gasteiger partial charge in [-0.25, -0.2) is 0 Å². The summed E-state index contributed by atoms with van der Waals surface area (Å²) in [6.45, 7) is 7.06. The molecule has 1 aromatic rings. The van der Waals surface area contributed by atoms with E-state index in [9.17, 15) is 0 Å². The van der Waals surface area contributed by atoms with Crippen LogP contribution >= 0.6 is 15.9 Å². The fourth-order valence-electron chi connectivity index (χ4n) is 1.89. The molecule has 0 spiro atoms. The highest BCUT2D eigenvalue weighted by molar-refractivity contribution is 9.10. The van der Waals surface area contributed by atoms with Crippen molar-refractivity contribution in [2.45, 2.75) is 38.6 Å². The fourth-order valence-corrected chi connectivity index (χ4v) is 2.31. The number of allylic oxidation sites excluding steroid dienone is 1. The maximum atomic E-state index is 3.78. The molecule has 1 atom stereocenters. The Morgan fingerprint density at radius 2 is 2.29 bits per heavy atom. The maximum absolute atomic E-state index is 3.78. The summed E-state index contributed by atoms with van der Waals surface area (Å²) < 4.78 is 1.15. The van der Waals surface area contributed by atoms with Crippen molar-refractivity contribution < 1.29 is 0 Å². The number of rotatable bonds is 8. The molecular formula is C15H22BrN. The number of halogens is 1. The molecule has 0 radical (unpaired) electrons. The van der Waals surface area contributed by atoms with Gasteiger partial charge in [0.25, 0.3) is 0 Å². The molecule has 17 heavy (non-hydrogen) atoms. The molecule has 0 heterocycles. The molecule has 1 N–H and O–H groups in total. The van der Waals surface area contributed by atoms with E-state index in [-0.39, 0.29) is 0 Å². The van der Waals surface area contributed by atoms with E-state index in [0.717, 1.165) is 17.4 Å². The number of unbranched alkanes of at least 4 members (excludes halogenated alkanes) is 1. The summed E-state index contributed by atoms with van der Waals surface area (Å²) in [7, 11) is 0. The van der Waals surface area contributed by atoms with Crippen LogP contribution in [-0.4, -0.2) is 6.54 Å². The van der Waals surface area contributed by atoms with Crippen molar-refractivity contribution in [1.29, 1.82) is 0 Å². The van der Waals surface area contributed by atoms with Crippen LogP contribution in [0.1, 0.15) is 44.2 Å². The molecular weight excluding hydrogens is 274 g/mol. The minimum absolute atomic E-state index is 0.465. The highest BCUT2D eigenvalue weighted by Gasteiger charge is 2.09. The lowest BCUT2D eigenvalue weighted by Crippen LogP contribution is -2.22. The molecule has 1 aromatic carbocycles. The summed E-state index contributed by atoms with van der Waals surface area (Å²) in [5, 5.41) is 3.62. The van der Waals surface area contributed by atoms with Crippen LogP contribution < -0.4 is 5.32 Å². The minimum atomic E-state index is 0.465. The first-order valence-corrected chi connectivity index (χ1v) is 7.17. The lowest BCUT2D eigenvalue weighted by Gasteiger charge is -2.19. The Labute approximate surface area is 113 Å². The normalized spacial score (nSPS) is 12.4. The first-order valence-electron chi connectivity index (χ1n) is 6.37. The largest absolute Gasteiger partial charge is 0.310 e. The van der Waals surface area contributed by atoms with Gasteiger partial charge in [0.1, 0.15) is 0 Å². The van der Waals surface area contributed by atoms with Gasteiger partial charge < -0.3 is 5.32 Å². The molecule has 0 saturated heterocycles. The number of nitrogens with one attached hydrogen (secondary N) is 1. The van der Waals surface area contributed by atoms with Gasteiger partial charge in [0.2, 0.25) is 0 Å². The molecule has 0 aliphatic carbocycles. The van der Waals surface area contributed by atoms with Crippen molar-refractivity contribution in [2.75, 3.05) is 6.54 Å². The van der Waals surface area contributed by atoms with Crippen molar-refractivity contribution in [2.24, 2.45) is 0 Å². The second kappa shape index (κ2) is 8.48. The van der Waals surface area contributed by atoms with Crippen LogP contribution in [-0.2, 0) is 0 Å². The first-order chi connectivity index (χ1) is 8.27. The predicted octanol–water partition coefficient (Wildman–Crippen LogP) is 4.85. The standard InChI is InChI=1S/C15H22BrN/c1-3-5-6-10-15(17-11-4-2)13-8-7-9-14(16)12-13/h3,7-9,12,15,17H,1,4-6,10-11H2,2H3. The third-order valence-corrected chi connectivity index (χ3v) is 3.29. The molecule has 0 bridgehead atoms. The first kappa shape index (κ1) is 14.5. The van der Waals surface area contributed by atoms with Crippen molar-refractivity contribution in [3.63, 3.8) is 0 Å². The molecule has 0 aromatic heterocycles.